The van der Waals surface area contributed by atoms with Crippen molar-refractivity contribution in [3.8, 4) is 0 Å². The summed E-state index contributed by atoms with van der Waals surface area (Å²) in [6, 6.07) is 0.699. The summed E-state index contributed by atoms with van der Waals surface area (Å²) in [5.41, 5.74) is 0. The van der Waals surface area contributed by atoms with Crippen molar-refractivity contribution in [1.29, 1.82) is 0 Å². The third-order valence-electron chi connectivity index (χ3n) is 2.63. The molecule has 2 nitrogen and oxygen atoms in total. The van der Waals surface area contributed by atoms with Crippen LogP contribution in [0.1, 0.15) is 19.3 Å². The fourth-order valence-electron chi connectivity index (χ4n) is 1.92. The molecule has 3 heteroatoms. The molecule has 0 aromatic carbocycles. The molecule has 2 atom stereocenters. The molecule has 0 bridgehead atoms. The molecule has 1 saturated carbocycles. The van der Waals surface area contributed by atoms with Crippen LogP contribution in [0.3, 0.4) is 0 Å². The van der Waals surface area contributed by atoms with Crippen molar-refractivity contribution in [1.82, 2.24) is 4.90 Å². The SMILES string of the molecule is OCC1CC(F)CN1C1CC1. The van der Waals surface area contributed by atoms with Gasteiger partial charge in [0.15, 0.2) is 0 Å². The number of rotatable bonds is 2. The number of hydrogen-bond acceptors (Lipinski definition) is 2. The Bertz CT molecular complexity index is 149. The van der Waals surface area contributed by atoms with E-state index in [4.69, 9.17) is 5.11 Å². The summed E-state index contributed by atoms with van der Waals surface area (Å²) in [6.07, 6.45) is 2.23. The Hall–Kier alpha value is -0.150. The van der Waals surface area contributed by atoms with Crippen LogP contribution in [0.15, 0.2) is 0 Å². The average Bonchev–Trinajstić information content (AvgIpc) is 2.75. The highest BCUT2D eigenvalue weighted by atomic mass is 19.1. The van der Waals surface area contributed by atoms with Crippen LogP contribution >= 0.6 is 0 Å². The standard InChI is InChI=1S/C8H14FNO/c9-6-3-8(5-11)10(4-6)7-1-2-7/h6-8,11H,1-5H2. The Balaban J connectivity index is 1.95. The van der Waals surface area contributed by atoms with E-state index in [-0.39, 0.29) is 12.6 Å². The molecule has 1 heterocycles. The molecule has 2 rings (SSSR count). The van der Waals surface area contributed by atoms with Crippen molar-refractivity contribution in [3.63, 3.8) is 0 Å². The molecule has 2 unspecified atom stereocenters. The van der Waals surface area contributed by atoms with Gasteiger partial charge in [0, 0.05) is 18.6 Å². The topological polar surface area (TPSA) is 23.5 Å². The number of likely N-dealkylation sites (tertiary alicyclic amines) is 1. The number of halogens is 1. The molecule has 0 radical (unpaired) electrons. The second kappa shape index (κ2) is 2.72. The molecule has 64 valence electrons. The second-order valence-electron chi connectivity index (χ2n) is 3.60. The van der Waals surface area contributed by atoms with Gasteiger partial charge < -0.3 is 5.11 Å². The van der Waals surface area contributed by atoms with Gasteiger partial charge in [-0.1, -0.05) is 0 Å². The lowest BCUT2D eigenvalue weighted by molar-refractivity contribution is 0.152. The maximum Gasteiger partial charge on any atom is 0.114 e. The van der Waals surface area contributed by atoms with Crippen LogP contribution in [-0.2, 0) is 0 Å². The van der Waals surface area contributed by atoms with Gasteiger partial charge in [-0.15, -0.1) is 0 Å². The zero-order valence-corrected chi connectivity index (χ0v) is 6.54. The van der Waals surface area contributed by atoms with Gasteiger partial charge in [-0.05, 0) is 19.3 Å². The molecule has 11 heavy (non-hydrogen) atoms. The lowest BCUT2D eigenvalue weighted by atomic mass is 10.2. The minimum atomic E-state index is -0.701. The molecule has 0 aromatic heterocycles. The van der Waals surface area contributed by atoms with Crippen molar-refractivity contribution in [2.75, 3.05) is 13.2 Å². The molecule has 2 fully saturated rings. The van der Waals surface area contributed by atoms with Crippen LogP contribution < -0.4 is 0 Å². The van der Waals surface area contributed by atoms with Gasteiger partial charge in [-0.2, -0.15) is 0 Å². The minimum absolute atomic E-state index is 0.109. The van der Waals surface area contributed by atoms with Crippen LogP contribution in [0.2, 0.25) is 0 Å². The zero-order valence-electron chi connectivity index (χ0n) is 6.54. The summed E-state index contributed by atoms with van der Waals surface area (Å²) >= 11 is 0. The van der Waals surface area contributed by atoms with Crippen molar-refractivity contribution in [2.24, 2.45) is 0 Å². The summed E-state index contributed by atoms with van der Waals surface area (Å²) in [5, 5.41) is 8.92. The first-order valence-corrected chi connectivity index (χ1v) is 4.32. The molecule has 0 amide bonds. The Morgan fingerprint density at radius 3 is 2.73 bits per heavy atom. The predicted molar refractivity (Wildman–Crippen MR) is 40.1 cm³/mol. The van der Waals surface area contributed by atoms with E-state index in [9.17, 15) is 4.39 Å². The van der Waals surface area contributed by atoms with Gasteiger partial charge in [0.05, 0.1) is 6.61 Å². The van der Waals surface area contributed by atoms with Crippen molar-refractivity contribution in [2.45, 2.75) is 37.5 Å². The van der Waals surface area contributed by atoms with Gasteiger partial charge >= 0.3 is 0 Å². The summed E-state index contributed by atoms with van der Waals surface area (Å²) < 4.78 is 12.8. The van der Waals surface area contributed by atoms with Crippen LogP contribution in [0, 0.1) is 0 Å². The van der Waals surface area contributed by atoms with Crippen LogP contribution in [-0.4, -0.2) is 41.4 Å². The molecule has 0 aromatic rings. The van der Waals surface area contributed by atoms with E-state index in [1.54, 1.807) is 0 Å². The lowest BCUT2D eigenvalue weighted by Crippen LogP contribution is -2.34. The Labute approximate surface area is 66.0 Å². The fourth-order valence-corrected chi connectivity index (χ4v) is 1.92. The predicted octanol–water partition coefficient (Wildman–Crippen LogP) is 0.554. The number of alkyl halides is 1. The summed E-state index contributed by atoms with van der Waals surface area (Å²) in [7, 11) is 0. The van der Waals surface area contributed by atoms with E-state index in [1.807, 2.05) is 0 Å². The van der Waals surface area contributed by atoms with Gasteiger partial charge in [-0.25, -0.2) is 4.39 Å². The minimum Gasteiger partial charge on any atom is -0.395 e. The molecule has 1 saturated heterocycles. The highest BCUT2D eigenvalue weighted by Gasteiger charge is 2.40. The van der Waals surface area contributed by atoms with Crippen LogP contribution in [0.5, 0.6) is 0 Å². The normalized spacial score (nSPS) is 39.8. The Kier molecular flexibility index (Phi) is 1.85. The van der Waals surface area contributed by atoms with E-state index in [0.717, 1.165) is 0 Å². The third-order valence-corrected chi connectivity index (χ3v) is 2.63. The van der Waals surface area contributed by atoms with E-state index in [1.165, 1.54) is 12.8 Å². The summed E-state index contributed by atoms with van der Waals surface area (Å²) in [5.74, 6) is 0. The van der Waals surface area contributed by atoms with Gasteiger partial charge in [0.1, 0.15) is 6.17 Å². The third kappa shape index (κ3) is 1.40. The highest BCUT2D eigenvalue weighted by Crippen LogP contribution is 2.33. The van der Waals surface area contributed by atoms with E-state index in [0.29, 0.717) is 19.0 Å². The summed E-state index contributed by atoms with van der Waals surface area (Å²) in [6.45, 7) is 0.673. The van der Waals surface area contributed by atoms with Crippen molar-refractivity contribution < 1.29 is 9.50 Å². The molecule has 0 spiro atoms. The molecular formula is C8H14FNO. The molecule has 1 N–H and O–H groups in total. The largest absolute Gasteiger partial charge is 0.395 e. The molecular weight excluding hydrogens is 145 g/mol. The first-order valence-electron chi connectivity index (χ1n) is 4.32. The molecule has 1 aliphatic carbocycles. The molecule has 2 aliphatic rings. The van der Waals surface area contributed by atoms with Crippen molar-refractivity contribution in [3.05, 3.63) is 0 Å². The quantitative estimate of drug-likeness (QED) is 0.636. The average molecular weight is 159 g/mol. The monoisotopic (exact) mass is 159 g/mol. The van der Waals surface area contributed by atoms with E-state index < -0.39 is 6.17 Å². The second-order valence-corrected chi connectivity index (χ2v) is 3.60. The Morgan fingerprint density at radius 1 is 1.45 bits per heavy atom. The number of aliphatic hydroxyl groups is 1. The van der Waals surface area contributed by atoms with Crippen LogP contribution in [0.4, 0.5) is 4.39 Å². The lowest BCUT2D eigenvalue weighted by Gasteiger charge is -2.21. The molecule has 1 aliphatic heterocycles. The fraction of sp³-hybridized carbons (Fsp3) is 1.00. The number of hydrogen-bond donors (Lipinski definition) is 1. The van der Waals surface area contributed by atoms with E-state index in [2.05, 4.69) is 4.90 Å². The highest BCUT2D eigenvalue weighted by molar-refractivity contribution is 4.95. The van der Waals surface area contributed by atoms with Gasteiger partial charge in [0.2, 0.25) is 0 Å². The smallest absolute Gasteiger partial charge is 0.114 e. The zero-order chi connectivity index (χ0) is 7.84. The maximum atomic E-state index is 12.8. The van der Waals surface area contributed by atoms with Gasteiger partial charge in [0.25, 0.3) is 0 Å². The maximum absolute atomic E-state index is 12.8. The summed E-state index contributed by atoms with van der Waals surface area (Å²) in [4.78, 5) is 2.13. The number of aliphatic hydroxyl groups excluding tert-OH is 1. The first-order chi connectivity index (χ1) is 5.31. The van der Waals surface area contributed by atoms with Crippen LogP contribution in [0.25, 0.3) is 0 Å². The van der Waals surface area contributed by atoms with Gasteiger partial charge in [-0.3, -0.25) is 4.90 Å². The van der Waals surface area contributed by atoms with Crippen molar-refractivity contribution >= 4 is 0 Å². The number of nitrogens with zero attached hydrogens (tertiary/aromatic N) is 1. The Morgan fingerprint density at radius 2 is 2.18 bits per heavy atom. The van der Waals surface area contributed by atoms with E-state index >= 15 is 0 Å². The first kappa shape index (κ1) is 7.50.